The molecule has 0 saturated carbocycles. The van der Waals surface area contributed by atoms with Gasteiger partial charge in [-0.3, -0.25) is 4.79 Å². The molecule has 1 saturated heterocycles. The van der Waals surface area contributed by atoms with Crippen molar-refractivity contribution in [1.82, 2.24) is 9.88 Å². The average molecular weight is 286 g/mol. The molecular weight excluding hydrogens is 272 g/mol. The Balaban J connectivity index is 1.47. The average Bonchev–Trinajstić information content (AvgIpc) is 2.94. The molecule has 1 fully saturated rings. The van der Waals surface area contributed by atoms with E-state index in [1.54, 1.807) is 28.5 Å². The van der Waals surface area contributed by atoms with Gasteiger partial charge < -0.3 is 9.64 Å². The van der Waals surface area contributed by atoms with E-state index < -0.39 is 0 Å². The van der Waals surface area contributed by atoms with E-state index in [4.69, 9.17) is 4.74 Å². The van der Waals surface area contributed by atoms with Crippen molar-refractivity contribution >= 4 is 23.3 Å². The van der Waals surface area contributed by atoms with Crippen molar-refractivity contribution in [3.05, 3.63) is 52.9 Å². The molecule has 0 aromatic carbocycles. The number of thiophene rings is 1. The summed E-state index contributed by atoms with van der Waals surface area (Å²) in [4.78, 5) is 18.8. The van der Waals surface area contributed by atoms with Gasteiger partial charge in [0.1, 0.15) is 6.10 Å². The summed E-state index contributed by atoms with van der Waals surface area (Å²) < 4.78 is 5.65. The third-order valence-corrected chi connectivity index (χ3v) is 3.86. The predicted molar refractivity (Wildman–Crippen MR) is 78.6 cm³/mol. The first kappa shape index (κ1) is 12.9. The largest absolute Gasteiger partial charge is 0.471 e. The predicted octanol–water partition coefficient (Wildman–Crippen LogP) is 2.45. The van der Waals surface area contributed by atoms with Crippen molar-refractivity contribution < 1.29 is 9.53 Å². The van der Waals surface area contributed by atoms with Crippen LogP contribution in [0.1, 0.15) is 4.88 Å². The van der Waals surface area contributed by atoms with E-state index in [0.717, 1.165) is 4.88 Å². The number of hydrogen-bond donors (Lipinski definition) is 0. The number of rotatable bonds is 4. The highest BCUT2D eigenvalue weighted by atomic mass is 32.1. The maximum atomic E-state index is 11.9. The lowest BCUT2D eigenvalue weighted by atomic mass is 10.1. The number of carbonyl (C=O) groups is 1. The summed E-state index contributed by atoms with van der Waals surface area (Å²) in [5.74, 6) is 0.637. The summed E-state index contributed by atoms with van der Waals surface area (Å²) in [6, 6.07) is 9.50. The highest BCUT2D eigenvalue weighted by molar-refractivity contribution is 7.10. The third-order valence-electron chi connectivity index (χ3n) is 3.02. The van der Waals surface area contributed by atoms with Crippen LogP contribution in [-0.2, 0) is 4.79 Å². The molecule has 0 unspecified atom stereocenters. The molecule has 5 heteroatoms. The van der Waals surface area contributed by atoms with E-state index in [-0.39, 0.29) is 12.0 Å². The summed E-state index contributed by atoms with van der Waals surface area (Å²) >= 11 is 1.61. The second-order valence-corrected chi connectivity index (χ2v) is 5.48. The lowest BCUT2D eigenvalue weighted by molar-refractivity contribution is -0.134. The molecule has 0 N–H and O–H groups in total. The zero-order chi connectivity index (χ0) is 13.8. The number of pyridine rings is 1. The van der Waals surface area contributed by atoms with Crippen molar-refractivity contribution in [2.24, 2.45) is 0 Å². The molecule has 0 bridgehead atoms. The second kappa shape index (κ2) is 5.88. The van der Waals surface area contributed by atoms with Crippen LogP contribution in [0.2, 0.25) is 0 Å². The van der Waals surface area contributed by atoms with Gasteiger partial charge in [-0.25, -0.2) is 4.98 Å². The number of carbonyl (C=O) groups excluding carboxylic acids is 1. The Labute approximate surface area is 121 Å². The monoisotopic (exact) mass is 286 g/mol. The van der Waals surface area contributed by atoms with Crippen molar-refractivity contribution in [3.63, 3.8) is 0 Å². The normalized spacial score (nSPS) is 15.3. The molecule has 3 rings (SSSR count). The SMILES string of the molecule is O=C(/C=C/c1cccs1)N1CC(Oc2ccccn2)C1. The maximum absolute atomic E-state index is 11.9. The number of ether oxygens (including phenoxy) is 1. The maximum Gasteiger partial charge on any atom is 0.246 e. The summed E-state index contributed by atoms with van der Waals surface area (Å²) in [7, 11) is 0. The van der Waals surface area contributed by atoms with Gasteiger partial charge in [0.25, 0.3) is 0 Å². The molecule has 0 atom stereocenters. The molecule has 0 aliphatic carbocycles. The van der Waals surface area contributed by atoms with Gasteiger partial charge in [-0.05, 0) is 23.6 Å². The first-order valence-corrected chi connectivity index (χ1v) is 7.27. The summed E-state index contributed by atoms with van der Waals surface area (Å²) in [5.41, 5.74) is 0. The Hall–Kier alpha value is -2.14. The molecule has 1 amide bonds. The minimum Gasteiger partial charge on any atom is -0.471 e. The van der Waals surface area contributed by atoms with Crippen LogP contribution in [0.3, 0.4) is 0 Å². The highest BCUT2D eigenvalue weighted by Gasteiger charge is 2.31. The first-order valence-electron chi connectivity index (χ1n) is 6.39. The smallest absolute Gasteiger partial charge is 0.246 e. The van der Waals surface area contributed by atoms with E-state index in [0.29, 0.717) is 19.0 Å². The molecule has 0 radical (unpaired) electrons. The molecule has 0 spiro atoms. The van der Waals surface area contributed by atoms with E-state index >= 15 is 0 Å². The quantitative estimate of drug-likeness (QED) is 0.811. The van der Waals surface area contributed by atoms with Crippen LogP contribution in [0, 0.1) is 0 Å². The molecule has 1 aliphatic rings. The van der Waals surface area contributed by atoms with E-state index in [2.05, 4.69) is 4.98 Å². The van der Waals surface area contributed by atoms with E-state index in [9.17, 15) is 4.79 Å². The second-order valence-electron chi connectivity index (χ2n) is 4.50. The fraction of sp³-hybridized carbons (Fsp3) is 0.200. The minimum atomic E-state index is 0.0271. The first-order chi connectivity index (χ1) is 9.81. The van der Waals surface area contributed by atoms with Gasteiger partial charge in [-0.15, -0.1) is 11.3 Å². The van der Waals surface area contributed by atoms with Gasteiger partial charge in [0, 0.05) is 23.2 Å². The molecule has 1 aliphatic heterocycles. The van der Waals surface area contributed by atoms with Gasteiger partial charge >= 0.3 is 0 Å². The zero-order valence-corrected chi connectivity index (χ0v) is 11.6. The van der Waals surface area contributed by atoms with Crippen LogP contribution >= 0.6 is 11.3 Å². The van der Waals surface area contributed by atoms with Crippen LogP contribution in [0.4, 0.5) is 0 Å². The van der Waals surface area contributed by atoms with Gasteiger partial charge in [0.15, 0.2) is 0 Å². The number of nitrogens with zero attached hydrogens (tertiary/aromatic N) is 2. The van der Waals surface area contributed by atoms with Gasteiger partial charge in [0.05, 0.1) is 13.1 Å². The third kappa shape index (κ3) is 3.05. The lowest BCUT2D eigenvalue weighted by Crippen LogP contribution is -2.55. The van der Waals surface area contributed by atoms with Gasteiger partial charge in [-0.1, -0.05) is 12.1 Å². The van der Waals surface area contributed by atoms with Gasteiger partial charge in [-0.2, -0.15) is 0 Å². The number of aromatic nitrogens is 1. The van der Waals surface area contributed by atoms with Crippen molar-refractivity contribution in [3.8, 4) is 5.88 Å². The molecule has 3 heterocycles. The Morgan fingerprint density at radius 1 is 1.35 bits per heavy atom. The molecule has 2 aromatic heterocycles. The fourth-order valence-electron chi connectivity index (χ4n) is 1.93. The van der Waals surface area contributed by atoms with Crippen molar-refractivity contribution in [2.45, 2.75) is 6.10 Å². The standard InChI is InChI=1S/C15H14N2O2S/c18-15(7-6-13-4-3-9-20-13)17-10-12(11-17)19-14-5-1-2-8-16-14/h1-9,12H,10-11H2/b7-6+. The number of hydrogen-bond acceptors (Lipinski definition) is 4. The Bertz CT molecular complexity index is 590. The van der Waals surface area contributed by atoms with Crippen LogP contribution in [0.15, 0.2) is 48.0 Å². The topological polar surface area (TPSA) is 42.4 Å². The lowest BCUT2D eigenvalue weighted by Gasteiger charge is -2.37. The highest BCUT2D eigenvalue weighted by Crippen LogP contribution is 2.17. The Morgan fingerprint density at radius 3 is 2.95 bits per heavy atom. The number of likely N-dealkylation sites (tertiary alicyclic amines) is 1. The van der Waals surface area contributed by atoms with Gasteiger partial charge in [0.2, 0.25) is 11.8 Å². The van der Waals surface area contributed by atoms with E-state index in [1.807, 2.05) is 41.8 Å². The Kier molecular flexibility index (Phi) is 3.78. The van der Waals surface area contributed by atoms with Crippen molar-refractivity contribution in [2.75, 3.05) is 13.1 Å². The van der Waals surface area contributed by atoms with Crippen LogP contribution < -0.4 is 4.74 Å². The van der Waals surface area contributed by atoms with Crippen LogP contribution in [0.5, 0.6) is 5.88 Å². The number of amides is 1. The fourth-order valence-corrected chi connectivity index (χ4v) is 2.54. The molecule has 20 heavy (non-hydrogen) atoms. The summed E-state index contributed by atoms with van der Waals surface area (Å²) in [6.45, 7) is 1.23. The van der Waals surface area contributed by atoms with Crippen molar-refractivity contribution in [1.29, 1.82) is 0 Å². The van der Waals surface area contributed by atoms with Crippen LogP contribution in [0.25, 0.3) is 6.08 Å². The summed E-state index contributed by atoms with van der Waals surface area (Å²) in [5, 5.41) is 1.99. The minimum absolute atomic E-state index is 0.0271. The molecule has 4 nitrogen and oxygen atoms in total. The zero-order valence-electron chi connectivity index (χ0n) is 10.8. The van der Waals surface area contributed by atoms with E-state index in [1.165, 1.54) is 0 Å². The molecule has 102 valence electrons. The summed E-state index contributed by atoms with van der Waals surface area (Å²) in [6.07, 6.45) is 5.20. The molecular formula is C15H14N2O2S. The molecule has 2 aromatic rings. The Morgan fingerprint density at radius 2 is 2.25 bits per heavy atom. The van der Waals surface area contributed by atoms with Crippen LogP contribution in [-0.4, -0.2) is 35.0 Å².